The van der Waals surface area contributed by atoms with Gasteiger partial charge in [-0.05, 0) is 47.7 Å². The van der Waals surface area contributed by atoms with Gasteiger partial charge in [0.15, 0.2) is 0 Å². The van der Waals surface area contributed by atoms with E-state index in [0.29, 0.717) is 16.1 Å². The maximum Gasteiger partial charge on any atom is 0.291 e. The standard InChI is InChI=1S/C18H13N3O3S2/c1-11-5-6-25-16(11)18(23)20-15-4-2-3-12(8-15)13-7-14(10-19-9-13)17(22)21-26-24/h2-10H,1H3,(H,20,23). The normalized spacial score (nSPS) is 10.2. The highest BCUT2D eigenvalue weighted by molar-refractivity contribution is 7.55. The van der Waals surface area contributed by atoms with E-state index in [1.807, 2.05) is 24.4 Å². The van der Waals surface area contributed by atoms with Crippen LogP contribution in [-0.2, 0) is 11.5 Å². The zero-order valence-electron chi connectivity index (χ0n) is 13.6. The van der Waals surface area contributed by atoms with Crippen LogP contribution in [-0.4, -0.2) is 21.0 Å². The van der Waals surface area contributed by atoms with E-state index in [2.05, 4.69) is 14.7 Å². The molecule has 130 valence electrons. The van der Waals surface area contributed by atoms with Gasteiger partial charge in [0.1, 0.15) is 0 Å². The van der Waals surface area contributed by atoms with Gasteiger partial charge in [0.25, 0.3) is 11.8 Å². The topological polar surface area (TPSA) is 88.5 Å². The molecule has 0 atom stereocenters. The van der Waals surface area contributed by atoms with E-state index in [1.54, 1.807) is 30.5 Å². The van der Waals surface area contributed by atoms with Crippen molar-refractivity contribution < 1.29 is 13.8 Å². The number of amides is 2. The fourth-order valence-electron chi connectivity index (χ4n) is 2.37. The summed E-state index contributed by atoms with van der Waals surface area (Å²) in [5, 5.41) is 4.75. The summed E-state index contributed by atoms with van der Waals surface area (Å²) in [7, 11) is 0. The van der Waals surface area contributed by atoms with Crippen LogP contribution in [0.25, 0.3) is 11.1 Å². The minimum absolute atomic E-state index is 0.134. The second kappa shape index (κ2) is 7.94. The Morgan fingerprint density at radius 2 is 2.00 bits per heavy atom. The van der Waals surface area contributed by atoms with Gasteiger partial charge in [0.2, 0.25) is 11.5 Å². The van der Waals surface area contributed by atoms with Crippen LogP contribution in [0.15, 0.2) is 58.5 Å². The third-order valence-electron chi connectivity index (χ3n) is 3.63. The molecule has 0 bridgehead atoms. The van der Waals surface area contributed by atoms with Crippen LogP contribution in [0.3, 0.4) is 0 Å². The lowest BCUT2D eigenvalue weighted by atomic mass is 10.1. The number of carbonyl (C=O) groups excluding carboxylic acids is 2. The Balaban J connectivity index is 1.87. The number of aryl methyl sites for hydroxylation is 1. The molecule has 0 aliphatic heterocycles. The Kier molecular flexibility index (Phi) is 5.45. The van der Waals surface area contributed by atoms with Gasteiger partial charge in [0.05, 0.1) is 10.4 Å². The fraction of sp³-hybridized carbons (Fsp3) is 0.0556. The van der Waals surface area contributed by atoms with Crippen molar-refractivity contribution in [3.8, 4) is 11.1 Å². The monoisotopic (exact) mass is 383 g/mol. The Hall–Kier alpha value is -2.97. The number of anilines is 1. The molecule has 8 heteroatoms. The second-order valence-electron chi connectivity index (χ2n) is 5.40. The predicted molar refractivity (Wildman–Crippen MR) is 102 cm³/mol. The van der Waals surface area contributed by atoms with Gasteiger partial charge in [-0.3, -0.25) is 14.6 Å². The molecule has 0 spiro atoms. The Morgan fingerprint density at radius 3 is 2.73 bits per heavy atom. The first kappa shape index (κ1) is 17.8. The molecule has 0 aliphatic carbocycles. The molecule has 3 aromatic rings. The van der Waals surface area contributed by atoms with Crippen molar-refractivity contribution in [1.29, 1.82) is 0 Å². The smallest absolute Gasteiger partial charge is 0.291 e. The number of carbonyl (C=O) groups is 2. The number of nitrogens with zero attached hydrogens (tertiary/aromatic N) is 2. The summed E-state index contributed by atoms with van der Waals surface area (Å²) in [6, 6.07) is 10.7. The van der Waals surface area contributed by atoms with Crippen molar-refractivity contribution in [3.63, 3.8) is 0 Å². The number of hydrogen-bond donors (Lipinski definition) is 1. The molecule has 0 fully saturated rings. The quantitative estimate of drug-likeness (QED) is 0.740. The Labute approximate surface area is 157 Å². The van der Waals surface area contributed by atoms with Crippen LogP contribution < -0.4 is 5.32 Å². The highest BCUT2D eigenvalue weighted by Gasteiger charge is 2.12. The van der Waals surface area contributed by atoms with Crippen molar-refractivity contribution in [1.82, 2.24) is 4.98 Å². The molecular weight excluding hydrogens is 370 g/mol. The molecule has 3 rings (SSSR count). The molecule has 2 aromatic heterocycles. The van der Waals surface area contributed by atoms with Crippen LogP contribution in [0.5, 0.6) is 0 Å². The third-order valence-corrected chi connectivity index (χ3v) is 4.88. The first-order valence-corrected chi connectivity index (χ1v) is 9.11. The van der Waals surface area contributed by atoms with Crippen molar-refractivity contribution in [3.05, 3.63) is 70.2 Å². The first-order valence-electron chi connectivity index (χ1n) is 7.54. The molecule has 0 aliphatic rings. The van der Waals surface area contributed by atoms with E-state index in [1.165, 1.54) is 17.5 Å². The lowest BCUT2D eigenvalue weighted by Gasteiger charge is -2.08. The van der Waals surface area contributed by atoms with Crippen LogP contribution >= 0.6 is 11.3 Å². The van der Waals surface area contributed by atoms with Gasteiger partial charge in [-0.2, -0.15) is 4.21 Å². The van der Waals surface area contributed by atoms with E-state index in [0.717, 1.165) is 11.1 Å². The fourth-order valence-corrected chi connectivity index (χ4v) is 3.36. The molecule has 2 heterocycles. The molecule has 2 amide bonds. The average Bonchev–Trinajstić information content (AvgIpc) is 3.08. The van der Waals surface area contributed by atoms with Gasteiger partial charge in [0, 0.05) is 23.6 Å². The molecule has 0 unspecified atom stereocenters. The predicted octanol–water partition coefficient (Wildman–Crippen LogP) is 3.91. The van der Waals surface area contributed by atoms with Crippen molar-refractivity contribution >= 4 is 40.3 Å². The number of hydrogen-bond acceptors (Lipinski definition) is 5. The number of rotatable bonds is 4. The molecule has 0 saturated heterocycles. The van der Waals surface area contributed by atoms with Gasteiger partial charge in [-0.1, -0.05) is 12.1 Å². The second-order valence-corrected chi connectivity index (χ2v) is 6.65. The van der Waals surface area contributed by atoms with Gasteiger partial charge in [-0.25, -0.2) is 0 Å². The van der Waals surface area contributed by atoms with Gasteiger partial charge >= 0.3 is 0 Å². The van der Waals surface area contributed by atoms with E-state index in [9.17, 15) is 13.8 Å². The van der Waals surface area contributed by atoms with Gasteiger partial charge in [-0.15, -0.1) is 15.7 Å². The lowest BCUT2D eigenvalue weighted by molar-refractivity contribution is 0.100. The summed E-state index contributed by atoms with van der Waals surface area (Å²) in [6.07, 6.45) is 2.96. The van der Waals surface area contributed by atoms with E-state index in [-0.39, 0.29) is 22.9 Å². The van der Waals surface area contributed by atoms with E-state index in [4.69, 9.17) is 0 Å². The lowest BCUT2D eigenvalue weighted by Crippen LogP contribution is -2.11. The van der Waals surface area contributed by atoms with Crippen LogP contribution in [0.2, 0.25) is 0 Å². The number of aromatic nitrogens is 1. The molecule has 6 nitrogen and oxygen atoms in total. The summed E-state index contributed by atoms with van der Waals surface area (Å²) in [6.45, 7) is 1.89. The summed E-state index contributed by atoms with van der Waals surface area (Å²) < 4.78 is 13.7. The number of pyridine rings is 1. The average molecular weight is 383 g/mol. The summed E-state index contributed by atoms with van der Waals surface area (Å²) in [5.74, 6) is -0.792. The van der Waals surface area contributed by atoms with Crippen LogP contribution in [0.1, 0.15) is 25.6 Å². The zero-order chi connectivity index (χ0) is 18.5. The third kappa shape index (κ3) is 3.98. The van der Waals surface area contributed by atoms with Crippen molar-refractivity contribution in [2.75, 3.05) is 5.32 Å². The highest BCUT2D eigenvalue weighted by Crippen LogP contribution is 2.24. The SMILES string of the molecule is Cc1ccsc1C(=O)Nc1cccc(-c2cncc(C(=O)N=S=O)c2)c1. The summed E-state index contributed by atoms with van der Waals surface area (Å²) >= 11 is 1.26. The number of thiophene rings is 1. The van der Waals surface area contributed by atoms with Crippen molar-refractivity contribution in [2.24, 2.45) is 4.36 Å². The van der Waals surface area contributed by atoms with Crippen LogP contribution in [0.4, 0.5) is 5.69 Å². The van der Waals surface area contributed by atoms with E-state index < -0.39 is 5.91 Å². The van der Waals surface area contributed by atoms with Crippen LogP contribution in [0, 0.1) is 6.92 Å². The molecular formula is C18H13N3O3S2. The maximum atomic E-state index is 12.4. The molecule has 0 radical (unpaired) electrons. The molecule has 1 N–H and O–H groups in total. The van der Waals surface area contributed by atoms with Gasteiger partial charge < -0.3 is 5.32 Å². The zero-order valence-corrected chi connectivity index (χ0v) is 15.3. The van der Waals surface area contributed by atoms with E-state index >= 15 is 0 Å². The minimum Gasteiger partial charge on any atom is -0.321 e. The highest BCUT2D eigenvalue weighted by atomic mass is 32.1. The van der Waals surface area contributed by atoms with Crippen molar-refractivity contribution in [2.45, 2.75) is 6.92 Å². The first-order chi connectivity index (χ1) is 12.6. The molecule has 1 aromatic carbocycles. The number of benzene rings is 1. The maximum absolute atomic E-state index is 12.4. The molecule has 26 heavy (non-hydrogen) atoms. The summed E-state index contributed by atoms with van der Waals surface area (Å²) in [4.78, 5) is 28.8. The number of nitrogens with one attached hydrogen (secondary N) is 1. The minimum atomic E-state index is -0.628. The Bertz CT molecular complexity index is 1040. The Morgan fingerprint density at radius 1 is 1.15 bits per heavy atom. The largest absolute Gasteiger partial charge is 0.321 e. The summed E-state index contributed by atoms with van der Waals surface area (Å²) in [5.41, 5.74) is 3.26. The molecule has 0 saturated carbocycles.